The van der Waals surface area contributed by atoms with E-state index < -0.39 is 0 Å². The molecule has 0 aliphatic carbocycles. The first-order chi connectivity index (χ1) is 13.8. The number of rotatable bonds is 10. The van der Waals surface area contributed by atoms with Crippen LogP contribution in [0.3, 0.4) is 0 Å². The van der Waals surface area contributed by atoms with Gasteiger partial charge in [-0.3, -0.25) is 4.79 Å². The van der Waals surface area contributed by atoms with Crippen LogP contribution in [-0.4, -0.2) is 18.7 Å². The summed E-state index contributed by atoms with van der Waals surface area (Å²) in [6, 6.07) is 18.5. The number of unbranched alkanes of at least 4 members (excludes halogenated alkanes) is 2. The third kappa shape index (κ3) is 5.89. The molecule has 3 aromatic rings. The normalized spacial score (nSPS) is 10.6. The van der Waals surface area contributed by atoms with Crippen LogP contribution in [0.2, 0.25) is 0 Å². The summed E-state index contributed by atoms with van der Waals surface area (Å²) in [5.74, 6) is -0.0281. The topological polar surface area (TPSA) is 53.0 Å². The fourth-order valence-electron chi connectivity index (χ4n) is 3.11. The largest absolute Gasteiger partial charge is 0.352 e. The second-order valence-corrected chi connectivity index (χ2v) is 7.64. The van der Waals surface area contributed by atoms with Gasteiger partial charge in [0.05, 0.1) is 0 Å². The quantitative estimate of drug-likeness (QED) is 0.336. The Morgan fingerprint density at radius 2 is 1.61 bits per heavy atom. The molecule has 0 bridgehead atoms. The van der Waals surface area contributed by atoms with Gasteiger partial charge in [0.1, 0.15) is 0 Å². The second-order valence-electron chi connectivity index (χ2n) is 6.86. The maximum absolute atomic E-state index is 12.3. The molecular weight excluding hydrogens is 364 g/mol. The van der Waals surface area contributed by atoms with E-state index in [4.69, 9.17) is 5.41 Å². The number of thiophene rings is 1. The van der Waals surface area contributed by atoms with E-state index in [1.807, 2.05) is 24.3 Å². The van der Waals surface area contributed by atoms with Crippen molar-refractivity contribution in [2.45, 2.75) is 32.1 Å². The van der Waals surface area contributed by atoms with Crippen molar-refractivity contribution in [1.29, 1.82) is 5.41 Å². The first-order valence-electron chi connectivity index (χ1n) is 9.74. The number of hydrogen-bond acceptors (Lipinski definition) is 3. The Morgan fingerprint density at radius 1 is 0.893 bits per heavy atom. The molecule has 0 saturated carbocycles. The molecule has 28 heavy (non-hydrogen) atoms. The highest BCUT2D eigenvalue weighted by Crippen LogP contribution is 2.22. The van der Waals surface area contributed by atoms with Crippen molar-refractivity contribution in [3.63, 3.8) is 0 Å². The van der Waals surface area contributed by atoms with Gasteiger partial charge in [-0.2, -0.15) is 11.3 Å². The van der Waals surface area contributed by atoms with Crippen LogP contribution < -0.4 is 5.32 Å². The van der Waals surface area contributed by atoms with E-state index in [-0.39, 0.29) is 5.91 Å². The summed E-state index contributed by atoms with van der Waals surface area (Å²) in [5, 5.41) is 14.2. The fourth-order valence-corrected chi connectivity index (χ4v) is 3.78. The molecule has 0 unspecified atom stereocenters. The molecule has 0 atom stereocenters. The van der Waals surface area contributed by atoms with E-state index >= 15 is 0 Å². The van der Waals surface area contributed by atoms with Gasteiger partial charge in [0.15, 0.2) is 0 Å². The summed E-state index contributed by atoms with van der Waals surface area (Å²) in [6.45, 7) is 0.629. The van der Waals surface area contributed by atoms with Crippen molar-refractivity contribution in [1.82, 2.24) is 5.32 Å². The van der Waals surface area contributed by atoms with Crippen LogP contribution in [0.25, 0.3) is 11.1 Å². The molecule has 2 aromatic carbocycles. The van der Waals surface area contributed by atoms with Crippen molar-refractivity contribution in [3.8, 4) is 11.1 Å². The minimum absolute atomic E-state index is 0.0281. The SMILES string of the molecule is N=CCCCCc1ccc(CCNC(=O)c2ccc(-c3ccsc3)cc2)cc1. The molecule has 1 aromatic heterocycles. The second kappa shape index (κ2) is 10.6. The average Bonchev–Trinajstić information content (AvgIpc) is 3.27. The highest BCUT2D eigenvalue weighted by molar-refractivity contribution is 7.08. The van der Waals surface area contributed by atoms with E-state index in [9.17, 15) is 4.79 Å². The van der Waals surface area contributed by atoms with Gasteiger partial charge in [-0.1, -0.05) is 36.4 Å². The molecule has 1 amide bonds. The molecule has 0 aliphatic rings. The summed E-state index contributed by atoms with van der Waals surface area (Å²) >= 11 is 1.67. The van der Waals surface area contributed by atoms with Gasteiger partial charge >= 0.3 is 0 Å². The molecule has 0 fully saturated rings. The van der Waals surface area contributed by atoms with Crippen LogP contribution in [0.1, 0.15) is 40.7 Å². The molecule has 1 heterocycles. The molecule has 0 spiro atoms. The van der Waals surface area contributed by atoms with E-state index in [0.717, 1.165) is 37.7 Å². The van der Waals surface area contributed by atoms with Crippen LogP contribution in [0.4, 0.5) is 0 Å². The molecule has 144 valence electrons. The number of aryl methyl sites for hydroxylation is 1. The summed E-state index contributed by atoms with van der Waals surface area (Å²) in [6.07, 6.45) is 6.44. The first kappa shape index (κ1) is 20.0. The highest BCUT2D eigenvalue weighted by atomic mass is 32.1. The van der Waals surface area contributed by atoms with Crippen molar-refractivity contribution in [3.05, 3.63) is 82.0 Å². The van der Waals surface area contributed by atoms with Gasteiger partial charge in [-0.05, 0) is 89.5 Å². The number of hydrogen-bond donors (Lipinski definition) is 2. The average molecular weight is 391 g/mol. The summed E-state index contributed by atoms with van der Waals surface area (Å²) in [5.41, 5.74) is 5.59. The lowest BCUT2D eigenvalue weighted by Crippen LogP contribution is -2.25. The number of nitrogens with one attached hydrogen (secondary N) is 2. The number of carbonyl (C=O) groups excluding carboxylic acids is 1. The van der Waals surface area contributed by atoms with E-state index in [1.165, 1.54) is 22.9 Å². The van der Waals surface area contributed by atoms with E-state index in [0.29, 0.717) is 12.1 Å². The monoisotopic (exact) mass is 390 g/mol. The van der Waals surface area contributed by atoms with Crippen molar-refractivity contribution >= 4 is 23.5 Å². The van der Waals surface area contributed by atoms with Gasteiger partial charge in [-0.15, -0.1) is 0 Å². The lowest BCUT2D eigenvalue weighted by atomic mass is 10.0. The number of amides is 1. The summed E-state index contributed by atoms with van der Waals surface area (Å²) in [7, 11) is 0. The lowest BCUT2D eigenvalue weighted by molar-refractivity contribution is 0.0954. The summed E-state index contributed by atoms with van der Waals surface area (Å²) < 4.78 is 0. The third-order valence-electron chi connectivity index (χ3n) is 4.79. The van der Waals surface area contributed by atoms with Crippen molar-refractivity contribution < 1.29 is 4.79 Å². The Morgan fingerprint density at radius 3 is 2.25 bits per heavy atom. The zero-order valence-electron chi connectivity index (χ0n) is 16.0. The van der Waals surface area contributed by atoms with Crippen LogP contribution >= 0.6 is 11.3 Å². The minimum Gasteiger partial charge on any atom is -0.352 e. The van der Waals surface area contributed by atoms with E-state index in [1.54, 1.807) is 11.3 Å². The summed E-state index contributed by atoms with van der Waals surface area (Å²) in [4.78, 5) is 12.3. The van der Waals surface area contributed by atoms with Gasteiger partial charge in [0.2, 0.25) is 0 Å². The molecule has 0 aliphatic heterocycles. The molecule has 0 radical (unpaired) electrons. The zero-order chi connectivity index (χ0) is 19.6. The van der Waals surface area contributed by atoms with Crippen molar-refractivity contribution in [2.75, 3.05) is 6.54 Å². The zero-order valence-corrected chi connectivity index (χ0v) is 16.8. The Bertz CT molecular complexity index is 868. The molecule has 3 rings (SSSR count). The molecule has 3 nitrogen and oxygen atoms in total. The highest BCUT2D eigenvalue weighted by Gasteiger charge is 2.06. The molecule has 0 saturated heterocycles. The van der Waals surface area contributed by atoms with Gasteiger partial charge in [-0.25, -0.2) is 0 Å². The predicted molar refractivity (Wildman–Crippen MR) is 119 cm³/mol. The molecule has 2 N–H and O–H groups in total. The Kier molecular flexibility index (Phi) is 7.56. The van der Waals surface area contributed by atoms with Crippen LogP contribution in [0.15, 0.2) is 65.4 Å². The number of benzene rings is 2. The number of carbonyl (C=O) groups is 1. The van der Waals surface area contributed by atoms with Crippen molar-refractivity contribution in [2.24, 2.45) is 0 Å². The fraction of sp³-hybridized carbons (Fsp3) is 0.250. The lowest BCUT2D eigenvalue weighted by Gasteiger charge is -2.07. The maximum Gasteiger partial charge on any atom is 0.251 e. The van der Waals surface area contributed by atoms with Gasteiger partial charge in [0.25, 0.3) is 5.91 Å². The van der Waals surface area contributed by atoms with Gasteiger partial charge < -0.3 is 10.7 Å². The first-order valence-corrected chi connectivity index (χ1v) is 10.7. The molecular formula is C24H26N2OS. The third-order valence-corrected chi connectivity index (χ3v) is 5.47. The molecule has 4 heteroatoms. The standard InChI is InChI=1S/C24H26N2OS/c25-15-3-1-2-4-19-5-7-20(8-6-19)13-16-26-24(27)22-11-9-21(10-12-22)23-14-17-28-18-23/h5-12,14-15,17-18,25H,1-4,13,16H2,(H,26,27). The Hall–Kier alpha value is -2.72. The Labute approximate surface area is 171 Å². The smallest absolute Gasteiger partial charge is 0.251 e. The van der Waals surface area contributed by atoms with Gasteiger partial charge in [0, 0.05) is 12.1 Å². The predicted octanol–water partition coefficient (Wildman–Crippen LogP) is 5.75. The Balaban J connectivity index is 1.43. The van der Waals surface area contributed by atoms with E-state index in [2.05, 4.69) is 46.4 Å². The minimum atomic E-state index is -0.0281. The van der Waals surface area contributed by atoms with Crippen LogP contribution in [-0.2, 0) is 12.8 Å². The van der Waals surface area contributed by atoms with Crippen LogP contribution in [0, 0.1) is 5.41 Å². The maximum atomic E-state index is 12.3. The van der Waals surface area contributed by atoms with Crippen LogP contribution in [0.5, 0.6) is 0 Å².